The predicted octanol–water partition coefficient (Wildman–Crippen LogP) is 5.05. The van der Waals surface area contributed by atoms with E-state index in [1.807, 2.05) is 55.7 Å². The van der Waals surface area contributed by atoms with Gasteiger partial charge in [-0.2, -0.15) is 0 Å². The number of para-hydroxylation sites is 2. The Balaban J connectivity index is 1.80. The first-order chi connectivity index (χ1) is 12.5. The summed E-state index contributed by atoms with van der Waals surface area (Å²) in [5.74, 6) is 0.630. The molecule has 0 fully saturated rings. The number of rotatable bonds is 5. The molecule has 0 aliphatic rings. The van der Waals surface area contributed by atoms with Crippen LogP contribution in [0.5, 0.6) is 5.75 Å². The van der Waals surface area contributed by atoms with Crippen molar-refractivity contribution in [1.29, 1.82) is 0 Å². The molecule has 136 valence electrons. The molecular formula is C20H23N3O2S. The monoisotopic (exact) mass is 369 g/mol. The summed E-state index contributed by atoms with van der Waals surface area (Å²) < 4.78 is 7.38. The molecule has 0 unspecified atom stereocenters. The van der Waals surface area contributed by atoms with Gasteiger partial charge in [0, 0.05) is 22.8 Å². The van der Waals surface area contributed by atoms with E-state index in [1.165, 1.54) is 10.4 Å². The Morgan fingerprint density at radius 2 is 1.85 bits per heavy atom. The first-order valence-corrected chi connectivity index (χ1v) is 9.26. The molecule has 0 bridgehead atoms. The number of ether oxygens (including phenoxy) is 1. The zero-order valence-electron chi connectivity index (χ0n) is 15.4. The zero-order chi connectivity index (χ0) is 18.7. The fraction of sp³-hybridized carbons (Fsp3) is 0.250. The van der Waals surface area contributed by atoms with Gasteiger partial charge in [-0.15, -0.1) is 11.3 Å². The summed E-state index contributed by atoms with van der Waals surface area (Å²) in [7, 11) is 1.59. The van der Waals surface area contributed by atoms with E-state index in [0.29, 0.717) is 11.4 Å². The number of amides is 2. The molecule has 1 atom stereocenters. The quantitative estimate of drug-likeness (QED) is 0.661. The molecule has 2 N–H and O–H groups in total. The topological polar surface area (TPSA) is 55.3 Å². The number of thiophene rings is 1. The maximum atomic E-state index is 12.5. The molecule has 2 aromatic heterocycles. The maximum absolute atomic E-state index is 12.5. The second-order valence-electron chi connectivity index (χ2n) is 6.11. The van der Waals surface area contributed by atoms with E-state index in [0.717, 1.165) is 10.6 Å². The summed E-state index contributed by atoms with van der Waals surface area (Å²) in [6.07, 6.45) is 4.05. The number of nitrogens with zero attached hydrogens (tertiary/aromatic N) is 1. The van der Waals surface area contributed by atoms with Crippen LogP contribution >= 0.6 is 11.3 Å². The summed E-state index contributed by atoms with van der Waals surface area (Å²) in [4.78, 5) is 13.8. The third kappa shape index (κ3) is 3.60. The van der Waals surface area contributed by atoms with Crippen molar-refractivity contribution in [3.63, 3.8) is 0 Å². The van der Waals surface area contributed by atoms with Gasteiger partial charge in [0.2, 0.25) is 0 Å². The number of benzene rings is 1. The minimum Gasteiger partial charge on any atom is -0.495 e. The van der Waals surface area contributed by atoms with Crippen LogP contribution in [0.3, 0.4) is 0 Å². The highest BCUT2D eigenvalue weighted by atomic mass is 32.1. The first-order valence-electron chi connectivity index (χ1n) is 8.45. The van der Waals surface area contributed by atoms with Gasteiger partial charge in [0.15, 0.2) is 0 Å². The van der Waals surface area contributed by atoms with Gasteiger partial charge in [-0.3, -0.25) is 0 Å². The minimum absolute atomic E-state index is 0.132. The summed E-state index contributed by atoms with van der Waals surface area (Å²) in [5, 5.41) is 7.04. The highest BCUT2D eigenvalue weighted by molar-refractivity contribution is 7.14. The molecule has 2 amide bonds. The van der Waals surface area contributed by atoms with Crippen molar-refractivity contribution in [2.45, 2.75) is 26.8 Å². The highest BCUT2D eigenvalue weighted by Gasteiger charge is 2.21. The number of aryl methyl sites for hydroxylation is 1. The molecule has 3 rings (SSSR count). The van der Waals surface area contributed by atoms with Crippen molar-refractivity contribution in [1.82, 2.24) is 9.88 Å². The Morgan fingerprint density at radius 3 is 2.54 bits per heavy atom. The third-order valence-electron chi connectivity index (χ3n) is 4.39. The van der Waals surface area contributed by atoms with Gasteiger partial charge >= 0.3 is 6.03 Å². The molecule has 6 heteroatoms. The normalized spacial score (nSPS) is 11.8. The van der Waals surface area contributed by atoms with Crippen LogP contribution in [0.15, 0.2) is 48.8 Å². The molecule has 26 heavy (non-hydrogen) atoms. The van der Waals surface area contributed by atoms with E-state index in [2.05, 4.69) is 29.0 Å². The molecule has 0 saturated carbocycles. The lowest BCUT2D eigenvalue weighted by Gasteiger charge is -2.18. The number of carbonyl (C=O) groups excluding carboxylic acids is 1. The lowest BCUT2D eigenvalue weighted by molar-refractivity contribution is 0.249. The van der Waals surface area contributed by atoms with E-state index in [-0.39, 0.29) is 12.1 Å². The van der Waals surface area contributed by atoms with Crippen LogP contribution in [0.4, 0.5) is 10.5 Å². The van der Waals surface area contributed by atoms with Gasteiger partial charge < -0.3 is 19.9 Å². The fourth-order valence-electron chi connectivity index (χ4n) is 2.97. The Bertz CT molecular complexity index is 900. The van der Waals surface area contributed by atoms with Crippen molar-refractivity contribution >= 4 is 23.1 Å². The number of hydrogen-bond donors (Lipinski definition) is 2. The SMILES string of the molecule is COc1ccccc1NC(=O)N[C@H](C)c1c(-n2cccc2)sc(C)c1C. The van der Waals surface area contributed by atoms with Gasteiger partial charge in [-0.25, -0.2) is 4.79 Å². The average molecular weight is 369 g/mol. The van der Waals surface area contributed by atoms with Crippen LogP contribution in [-0.2, 0) is 0 Å². The minimum atomic E-state index is -0.260. The van der Waals surface area contributed by atoms with Crippen molar-refractivity contribution in [3.8, 4) is 10.8 Å². The van der Waals surface area contributed by atoms with Crippen molar-refractivity contribution in [2.75, 3.05) is 12.4 Å². The molecule has 3 aromatic rings. The summed E-state index contributed by atoms with van der Waals surface area (Å²) >= 11 is 1.74. The van der Waals surface area contributed by atoms with Crippen molar-refractivity contribution in [2.24, 2.45) is 0 Å². The van der Waals surface area contributed by atoms with Crippen molar-refractivity contribution < 1.29 is 9.53 Å². The molecule has 0 aliphatic carbocycles. The average Bonchev–Trinajstić information content (AvgIpc) is 3.24. The van der Waals surface area contributed by atoms with E-state index < -0.39 is 0 Å². The third-order valence-corrected chi connectivity index (χ3v) is 5.62. The number of urea groups is 1. The fourth-order valence-corrected chi connectivity index (χ4v) is 4.19. The van der Waals surface area contributed by atoms with Crippen LogP contribution in [0, 0.1) is 13.8 Å². The lowest BCUT2D eigenvalue weighted by atomic mass is 10.1. The van der Waals surface area contributed by atoms with Gasteiger partial charge in [0.25, 0.3) is 0 Å². The molecule has 5 nitrogen and oxygen atoms in total. The van der Waals surface area contributed by atoms with Crippen LogP contribution in [0.1, 0.15) is 29.0 Å². The summed E-state index contributed by atoms with van der Waals surface area (Å²) in [6, 6.07) is 11.0. The zero-order valence-corrected chi connectivity index (χ0v) is 16.2. The predicted molar refractivity (Wildman–Crippen MR) is 107 cm³/mol. The molecular weight excluding hydrogens is 346 g/mol. The number of methoxy groups -OCH3 is 1. The molecule has 0 saturated heterocycles. The first kappa shape index (κ1) is 18.1. The second-order valence-corrected chi connectivity index (χ2v) is 7.32. The van der Waals surface area contributed by atoms with E-state index in [9.17, 15) is 4.79 Å². The van der Waals surface area contributed by atoms with Gasteiger partial charge in [-0.05, 0) is 50.6 Å². The Kier molecular flexibility index (Phi) is 5.32. The van der Waals surface area contributed by atoms with Crippen molar-refractivity contribution in [3.05, 3.63) is 64.8 Å². The smallest absolute Gasteiger partial charge is 0.319 e. The van der Waals surface area contributed by atoms with Crippen LogP contribution in [0.25, 0.3) is 5.00 Å². The lowest BCUT2D eigenvalue weighted by Crippen LogP contribution is -2.31. The Hall–Kier alpha value is -2.73. The van der Waals surface area contributed by atoms with Crippen LogP contribution < -0.4 is 15.4 Å². The van der Waals surface area contributed by atoms with Gasteiger partial charge in [0.05, 0.1) is 18.8 Å². The maximum Gasteiger partial charge on any atom is 0.319 e. The van der Waals surface area contributed by atoms with Gasteiger partial charge in [-0.1, -0.05) is 12.1 Å². The number of anilines is 1. The molecule has 2 heterocycles. The Morgan fingerprint density at radius 1 is 1.15 bits per heavy atom. The number of nitrogens with one attached hydrogen (secondary N) is 2. The van der Waals surface area contributed by atoms with E-state index in [4.69, 9.17) is 4.74 Å². The number of aromatic nitrogens is 1. The summed E-state index contributed by atoms with van der Waals surface area (Å²) in [5.41, 5.74) is 2.99. The second kappa shape index (κ2) is 7.66. The summed E-state index contributed by atoms with van der Waals surface area (Å²) in [6.45, 7) is 6.21. The van der Waals surface area contributed by atoms with Crippen LogP contribution in [0.2, 0.25) is 0 Å². The van der Waals surface area contributed by atoms with Gasteiger partial charge in [0.1, 0.15) is 10.8 Å². The van der Waals surface area contributed by atoms with Crippen LogP contribution in [-0.4, -0.2) is 17.7 Å². The molecule has 0 radical (unpaired) electrons. The molecule has 1 aromatic carbocycles. The Labute approximate surface area is 157 Å². The number of carbonyl (C=O) groups is 1. The van der Waals surface area contributed by atoms with E-state index >= 15 is 0 Å². The number of hydrogen-bond acceptors (Lipinski definition) is 3. The highest BCUT2D eigenvalue weighted by Crippen LogP contribution is 2.35. The largest absolute Gasteiger partial charge is 0.495 e. The van der Waals surface area contributed by atoms with E-state index in [1.54, 1.807) is 18.4 Å². The standard InChI is InChI=1S/C20H23N3O2S/c1-13-15(3)26-19(23-11-7-8-12-23)18(13)14(2)21-20(24)22-16-9-5-6-10-17(16)25-4/h5-12,14H,1-4H3,(H2,21,22,24)/t14-/m1/s1. The molecule has 0 spiro atoms. The molecule has 0 aliphatic heterocycles.